The molecule has 1 atom stereocenters. The minimum absolute atomic E-state index is 0.127. The molecule has 1 fully saturated rings. The Morgan fingerprint density at radius 1 is 1.43 bits per heavy atom. The van der Waals surface area contributed by atoms with Gasteiger partial charge in [-0.05, 0) is 40.0 Å². The minimum atomic E-state index is -0.888. The van der Waals surface area contributed by atoms with Crippen LogP contribution in [-0.2, 0) is 11.8 Å². The Bertz CT molecular complexity index is 644. The van der Waals surface area contributed by atoms with Crippen molar-refractivity contribution < 1.29 is 14.7 Å². The second-order valence-electron chi connectivity index (χ2n) is 6.70. The summed E-state index contributed by atoms with van der Waals surface area (Å²) in [5.41, 5.74) is 1.43. The average Bonchev–Trinajstić information content (AvgIpc) is 2.83. The monoisotopic (exact) mass is 319 g/mol. The van der Waals surface area contributed by atoms with Crippen molar-refractivity contribution in [3.63, 3.8) is 0 Å². The fraction of sp³-hybridized carbons (Fsp3) is 0.588. The van der Waals surface area contributed by atoms with Gasteiger partial charge in [0.2, 0.25) is 0 Å². The van der Waals surface area contributed by atoms with Gasteiger partial charge in [-0.3, -0.25) is 14.3 Å². The van der Waals surface area contributed by atoms with Crippen LogP contribution >= 0.6 is 0 Å². The summed E-state index contributed by atoms with van der Waals surface area (Å²) in [5, 5.41) is 13.9. The van der Waals surface area contributed by atoms with Crippen LogP contribution in [-0.4, -0.2) is 44.8 Å². The van der Waals surface area contributed by atoms with Crippen LogP contribution in [0.25, 0.3) is 0 Å². The standard InChI is InChI=1S/C17H25N3O3/c1-12(2)6-8-17(16(22)23)7-5-9-20(11-17)15(21)14-10-19(4)18-13(14)3/h6,10H,5,7-9,11H2,1-4H3,(H,22,23). The molecule has 1 amide bonds. The second-order valence-corrected chi connectivity index (χ2v) is 6.70. The number of amides is 1. The molecule has 1 aromatic heterocycles. The molecule has 6 heteroatoms. The van der Waals surface area contributed by atoms with E-state index in [1.165, 1.54) is 0 Å². The Labute approximate surface area is 136 Å². The van der Waals surface area contributed by atoms with Gasteiger partial charge in [0.1, 0.15) is 0 Å². The molecular formula is C17H25N3O3. The van der Waals surface area contributed by atoms with Crippen molar-refractivity contribution in [3.8, 4) is 0 Å². The molecule has 0 aromatic carbocycles. The molecule has 2 heterocycles. The third-order valence-corrected chi connectivity index (χ3v) is 4.46. The number of carboxylic acids is 1. The van der Waals surface area contributed by atoms with Gasteiger partial charge in [-0.25, -0.2) is 0 Å². The third-order valence-electron chi connectivity index (χ3n) is 4.46. The van der Waals surface area contributed by atoms with Gasteiger partial charge in [-0.15, -0.1) is 0 Å². The van der Waals surface area contributed by atoms with Gasteiger partial charge < -0.3 is 10.0 Å². The van der Waals surface area contributed by atoms with E-state index in [4.69, 9.17) is 0 Å². The first-order valence-electron chi connectivity index (χ1n) is 7.91. The number of allylic oxidation sites excluding steroid dienone is 2. The van der Waals surface area contributed by atoms with E-state index >= 15 is 0 Å². The number of rotatable bonds is 4. The van der Waals surface area contributed by atoms with Gasteiger partial charge in [-0.1, -0.05) is 11.6 Å². The number of nitrogens with zero attached hydrogens (tertiary/aromatic N) is 3. The van der Waals surface area contributed by atoms with Gasteiger partial charge in [0.25, 0.3) is 5.91 Å². The zero-order valence-electron chi connectivity index (χ0n) is 14.3. The second kappa shape index (κ2) is 6.56. The maximum Gasteiger partial charge on any atom is 0.311 e. The Balaban J connectivity index is 2.24. The van der Waals surface area contributed by atoms with E-state index < -0.39 is 11.4 Å². The molecule has 1 unspecified atom stereocenters. The number of aromatic nitrogens is 2. The summed E-state index contributed by atoms with van der Waals surface area (Å²) in [6, 6.07) is 0. The van der Waals surface area contributed by atoms with Crippen LogP contribution in [0, 0.1) is 12.3 Å². The Morgan fingerprint density at radius 2 is 2.13 bits per heavy atom. The van der Waals surface area contributed by atoms with Crippen LogP contribution in [0.15, 0.2) is 17.8 Å². The number of hydrogen-bond acceptors (Lipinski definition) is 3. The lowest BCUT2D eigenvalue weighted by atomic mass is 9.76. The van der Waals surface area contributed by atoms with Gasteiger partial charge >= 0.3 is 5.97 Å². The molecule has 1 aliphatic heterocycles. The number of likely N-dealkylation sites (tertiary alicyclic amines) is 1. The number of aryl methyl sites for hydroxylation is 2. The summed E-state index contributed by atoms with van der Waals surface area (Å²) in [6.07, 6.45) is 5.42. The fourth-order valence-corrected chi connectivity index (χ4v) is 3.11. The molecule has 23 heavy (non-hydrogen) atoms. The Morgan fingerprint density at radius 3 is 2.65 bits per heavy atom. The van der Waals surface area contributed by atoms with Crippen molar-refractivity contribution in [2.24, 2.45) is 12.5 Å². The fourth-order valence-electron chi connectivity index (χ4n) is 3.11. The molecule has 0 spiro atoms. The van der Waals surface area contributed by atoms with Crippen molar-refractivity contribution in [1.82, 2.24) is 14.7 Å². The van der Waals surface area contributed by atoms with E-state index in [1.807, 2.05) is 19.9 Å². The molecule has 1 aliphatic rings. The predicted molar refractivity (Wildman–Crippen MR) is 87.2 cm³/mol. The largest absolute Gasteiger partial charge is 0.481 e. The minimum Gasteiger partial charge on any atom is -0.481 e. The van der Waals surface area contributed by atoms with Gasteiger partial charge in [0, 0.05) is 26.3 Å². The number of hydrogen-bond donors (Lipinski definition) is 1. The highest BCUT2D eigenvalue weighted by atomic mass is 16.4. The third kappa shape index (κ3) is 3.63. The first-order chi connectivity index (χ1) is 10.7. The number of carboxylic acid groups (broad SMARTS) is 1. The highest BCUT2D eigenvalue weighted by Gasteiger charge is 2.43. The molecule has 1 N–H and O–H groups in total. The summed E-state index contributed by atoms with van der Waals surface area (Å²) in [4.78, 5) is 26.3. The molecule has 6 nitrogen and oxygen atoms in total. The zero-order chi connectivity index (χ0) is 17.2. The van der Waals surface area contributed by atoms with Gasteiger partial charge in [0.05, 0.1) is 16.7 Å². The summed E-state index contributed by atoms with van der Waals surface area (Å²) >= 11 is 0. The summed E-state index contributed by atoms with van der Waals surface area (Å²) in [5.74, 6) is -0.950. The topological polar surface area (TPSA) is 75.4 Å². The van der Waals surface area contributed by atoms with E-state index in [0.29, 0.717) is 37.1 Å². The Kier molecular flexibility index (Phi) is 4.92. The molecule has 1 saturated heterocycles. The molecule has 1 aromatic rings. The highest BCUT2D eigenvalue weighted by molar-refractivity contribution is 5.95. The molecule has 0 radical (unpaired) electrons. The quantitative estimate of drug-likeness (QED) is 0.865. The first kappa shape index (κ1) is 17.2. The molecule has 0 aliphatic carbocycles. The lowest BCUT2D eigenvalue weighted by molar-refractivity contribution is -0.151. The summed E-state index contributed by atoms with van der Waals surface area (Å²) in [6.45, 7) is 6.56. The van der Waals surface area contributed by atoms with Crippen LogP contribution in [0.4, 0.5) is 0 Å². The number of carbonyl (C=O) groups is 2. The van der Waals surface area contributed by atoms with E-state index in [1.54, 1.807) is 29.7 Å². The molecular weight excluding hydrogens is 294 g/mol. The molecule has 2 rings (SSSR count). The van der Waals surface area contributed by atoms with Crippen LogP contribution in [0.5, 0.6) is 0 Å². The smallest absolute Gasteiger partial charge is 0.311 e. The Hall–Kier alpha value is -2.11. The first-order valence-corrected chi connectivity index (χ1v) is 7.91. The van der Waals surface area contributed by atoms with E-state index in [-0.39, 0.29) is 12.5 Å². The number of aliphatic carboxylic acids is 1. The van der Waals surface area contributed by atoms with Crippen molar-refractivity contribution >= 4 is 11.9 Å². The lowest BCUT2D eigenvalue weighted by Gasteiger charge is -2.39. The maximum atomic E-state index is 12.7. The van der Waals surface area contributed by atoms with E-state index in [2.05, 4.69) is 5.10 Å². The van der Waals surface area contributed by atoms with Crippen LogP contribution in [0.3, 0.4) is 0 Å². The highest BCUT2D eigenvalue weighted by Crippen LogP contribution is 2.35. The van der Waals surface area contributed by atoms with Crippen molar-refractivity contribution in [2.45, 2.75) is 40.0 Å². The molecule has 0 saturated carbocycles. The van der Waals surface area contributed by atoms with Crippen molar-refractivity contribution in [2.75, 3.05) is 13.1 Å². The zero-order valence-corrected chi connectivity index (χ0v) is 14.3. The van der Waals surface area contributed by atoms with Crippen LogP contribution in [0.2, 0.25) is 0 Å². The lowest BCUT2D eigenvalue weighted by Crippen LogP contribution is -2.49. The van der Waals surface area contributed by atoms with Gasteiger partial charge in [-0.2, -0.15) is 5.10 Å². The SMILES string of the molecule is CC(C)=CCC1(C(=O)O)CCCN(C(=O)c2cn(C)nc2C)C1. The predicted octanol–water partition coefficient (Wildman–Crippen LogP) is 2.39. The van der Waals surface area contributed by atoms with Crippen molar-refractivity contribution in [1.29, 1.82) is 0 Å². The molecule has 126 valence electrons. The maximum absolute atomic E-state index is 12.7. The summed E-state index contributed by atoms with van der Waals surface area (Å²) < 4.78 is 1.61. The number of carbonyl (C=O) groups excluding carboxylic acids is 1. The normalized spacial score (nSPS) is 21.1. The van der Waals surface area contributed by atoms with Crippen LogP contribution in [0.1, 0.15) is 49.2 Å². The van der Waals surface area contributed by atoms with Crippen molar-refractivity contribution in [3.05, 3.63) is 29.1 Å². The van der Waals surface area contributed by atoms with Gasteiger partial charge in [0.15, 0.2) is 0 Å². The summed E-state index contributed by atoms with van der Waals surface area (Å²) in [7, 11) is 1.77. The van der Waals surface area contributed by atoms with E-state index in [0.717, 1.165) is 5.57 Å². The van der Waals surface area contributed by atoms with E-state index in [9.17, 15) is 14.7 Å². The average molecular weight is 319 g/mol. The number of piperidine rings is 1. The van der Waals surface area contributed by atoms with Crippen LogP contribution < -0.4 is 0 Å². The molecule has 0 bridgehead atoms.